The highest BCUT2D eigenvalue weighted by molar-refractivity contribution is 5.94. The van der Waals surface area contributed by atoms with E-state index in [1.807, 2.05) is 36.4 Å². The topological polar surface area (TPSA) is 26.3 Å². The maximum atomic E-state index is 11.2. The molecular weight excluding hydrogens is 188 g/mol. The van der Waals surface area contributed by atoms with E-state index in [4.69, 9.17) is 4.74 Å². The van der Waals surface area contributed by atoms with Gasteiger partial charge in [-0.2, -0.15) is 0 Å². The number of benzene rings is 1. The molecule has 0 saturated carbocycles. The molecule has 0 aromatic heterocycles. The number of carbonyl (C=O) groups is 1. The van der Waals surface area contributed by atoms with E-state index in [-0.39, 0.29) is 5.78 Å². The molecule has 0 fully saturated rings. The van der Waals surface area contributed by atoms with E-state index in [9.17, 15) is 4.79 Å². The van der Waals surface area contributed by atoms with Crippen LogP contribution < -0.4 is 4.74 Å². The molecule has 0 atom stereocenters. The van der Waals surface area contributed by atoms with Crippen molar-refractivity contribution >= 4 is 11.9 Å². The number of para-hydroxylation sites is 1. The molecule has 2 nitrogen and oxygen atoms in total. The van der Waals surface area contributed by atoms with Crippen molar-refractivity contribution in [3.63, 3.8) is 0 Å². The Balaban J connectivity index is 2.42. The van der Waals surface area contributed by atoms with Gasteiger partial charge in [0, 0.05) is 11.1 Å². The second-order valence-corrected chi connectivity index (χ2v) is 3.52. The summed E-state index contributed by atoms with van der Waals surface area (Å²) in [5.74, 6) is 1.48. The van der Waals surface area contributed by atoms with Crippen LogP contribution in [0.3, 0.4) is 0 Å². The van der Waals surface area contributed by atoms with Crippen LogP contribution in [-0.4, -0.2) is 5.78 Å². The van der Waals surface area contributed by atoms with Crippen LogP contribution in [0.1, 0.15) is 19.4 Å². The number of allylic oxidation sites excluding steroid dienone is 2. The van der Waals surface area contributed by atoms with Crippen molar-refractivity contribution in [2.45, 2.75) is 13.8 Å². The second kappa shape index (κ2) is 3.73. The third kappa shape index (κ3) is 1.84. The van der Waals surface area contributed by atoms with Crippen LogP contribution in [0, 0.1) is 0 Å². The minimum Gasteiger partial charge on any atom is -0.456 e. The molecule has 1 aliphatic heterocycles. The highest BCUT2D eigenvalue weighted by atomic mass is 16.5. The molecule has 0 saturated heterocycles. The molecule has 0 N–H and O–H groups in total. The lowest BCUT2D eigenvalue weighted by Crippen LogP contribution is -2.05. The summed E-state index contributed by atoms with van der Waals surface area (Å²) in [5.41, 5.74) is 1.69. The van der Waals surface area contributed by atoms with Crippen molar-refractivity contribution in [3.05, 3.63) is 47.2 Å². The van der Waals surface area contributed by atoms with E-state index < -0.39 is 0 Å². The van der Waals surface area contributed by atoms with Gasteiger partial charge < -0.3 is 4.74 Å². The van der Waals surface area contributed by atoms with Crippen LogP contribution >= 0.6 is 0 Å². The minimum atomic E-state index is 0.0361. The van der Waals surface area contributed by atoms with Crippen molar-refractivity contribution in [2.24, 2.45) is 0 Å². The summed E-state index contributed by atoms with van der Waals surface area (Å²) in [6.07, 6.45) is 3.79. The fraction of sp³-hybridized carbons (Fsp3) is 0.154. The second-order valence-electron chi connectivity index (χ2n) is 3.52. The molecule has 0 spiro atoms. The predicted octanol–water partition coefficient (Wildman–Crippen LogP) is 2.96. The van der Waals surface area contributed by atoms with Crippen molar-refractivity contribution in [1.82, 2.24) is 0 Å². The Morgan fingerprint density at radius 3 is 2.60 bits per heavy atom. The zero-order valence-electron chi connectivity index (χ0n) is 8.78. The molecule has 2 rings (SSSR count). The lowest BCUT2D eigenvalue weighted by molar-refractivity contribution is -0.113. The average molecular weight is 200 g/mol. The summed E-state index contributed by atoms with van der Waals surface area (Å²) < 4.78 is 5.63. The summed E-state index contributed by atoms with van der Waals surface area (Å²) in [6, 6.07) is 7.75. The Bertz CT molecular complexity index is 467. The first-order valence-electron chi connectivity index (χ1n) is 4.85. The van der Waals surface area contributed by atoms with Gasteiger partial charge in [0.05, 0.1) is 0 Å². The third-order valence-electron chi connectivity index (χ3n) is 2.45. The number of rotatable bonds is 1. The number of hydrogen-bond acceptors (Lipinski definition) is 2. The van der Waals surface area contributed by atoms with Gasteiger partial charge in [0.2, 0.25) is 0 Å². The molecule has 1 aromatic carbocycles. The van der Waals surface area contributed by atoms with Crippen LogP contribution in [0.2, 0.25) is 0 Å². The zero-order valence-corrected chi connectivity index (χ0v) is 8.78. The Morgan fingerprint density at radius 2 is 1.87 bits per heavy atom. The molecule has 0 amide bonds. The van der Waals surface area contributed by atoms with Crippen LogP contribution in [0.15, 0.2) is 41.7 Å². The Hall–Kier alpha value is -1.83. The fourth-order valence-corrected chi connectivity index (χ4v) is 1.40. The summed E-state index contributed by atoms with van der Waals surface area (Å²) >= 11 is 0. The maximum Gasteiger partial charge on any atom is 0.159 e. The first-order valence-corrected chi connectivity index (χ1v) is 4.85. The SMILES string of the molecule is CC(=O)/C(C)=C1\C=Cc2ccccc2O1. The van der Waals surface area contributed by atoms with E-state index in [2.05, 4.69) is 0 Å². The Morgan fingerprint density at radius 1 is 1.13 bits per heavy atom. The van der Waals surface area contributed by atoms with Crippen LogP contribution in [0.25, 0.3) is 6.08 Å². The number of Topliss-reactive ketones (excluding diaryl/α,β-unsaturated/α-hetero) is 1. The molecule has 0 radical (unpaired) electrons. The van der Waals surface area contributed by atoms with E-state index >= 15 is 0 Å². The van der Waals surface area contributed by atoms with Gasteiger partial charge >= 0.3 is 0 Å². The molecule has 1 aliphatic rings. The van der Waals surface area contributed by atoms with E-state index in [1.54, 1.807) is 13.8 Å². The fourth-order valence-electron chi connectivity index (χ4n) is 1.40. The van der Waals surface area contributed by atoms with Crippen LogP contribution in [0.5, 0.6) is 5.75 Å². The molecule has 76 valence electrons. The monoisotopic (exact) mass is 200 g/mol. The van der Waals surface area contributed by atoms with Gasteiger partial charge in [-0.1, -0.05) is 18.2 Å². The summed E-state index contributed by atoms with van der Waals surface area (Å²) in [6.45, 7) is 3.32. The average Bonchev–Trinajstić information content (AvgIpc) is 2.27. The third-order valence-corrected chi connectivity index (χ3v) is 2.45. The lowest BCUT2D eigenvalue weighted by Gasteiger charge is -2.15. The van der Waals surface area contributed by atoms with E-state index in [1.165, 1.54) is 0 Å². The highest BCUT2D eigenvalue weighted by Gasteiger charge is 2.12. The van der Waals surface area contributed by atoms with Gasteiger partial charge in [-0.15, -0.1) is 0 Å². The number of ketones is 1. The van der Waals surface area contributed by atoms with Crippen molar-refractivity contribution < 1.29 is 9.53 Å². The van der Waals surface area contributed by atoms with Crippen molar-refractivity contribution in [1.29, 1.82) is 0 Å². The summed E-state index contributed by atoms with van der Waals surface area (Å²) in [4.78, 5) is 11.2. The number of carbonyl (C=O) groups excluding carboxylic acids is 1. The number of hydrogen-bond donors (Lipinski definition) is 0. The predicted molar refractivity (Wildman–Crippen MR) is 59.5 cm³/mol. The van der Waals surface area contributed by atoms with Crippen molar-refractivity contribution in [3.8, 4) is 5.75 Å². The van der Waals surface area contributed by atoms with Crippen molar-refractivity contribution in [2.75, 3.05) is 0 Å². The van der Waals surface area contributed by atoms with E-state index in [0.717, 1.165) is 11.3 Å². The van der Waals surface area contributed by atoms with Crippen LogP contribution in [0.4, 0.5) is 0 Å². The van der Waals surface area contributed by atoms with Gasteiger partial charge in [0.1, 0.15) is 11.5 Å². The minimum absolute atomic E-state index is 0.0361. The van der Waals surface area contributed by atoms with Gasteiger partial charge in [-0.25, -0.2) is 0 Å². The smallest absolute Gasteiger partial charge is 0.159 e. The first kappa shape index (κ1) is 9.71. The van der Waals surface area contributed by atoms with Gasteiger partial charge in [-0.05, 0) is 32.1 Å². The standard InChI is InChI=1S/C13H12O2/c1-9(10(2)14)12-8-7-11-5-3-4-6-13(11)15-12/h3-8H,1-2H3/b12-9+. The Labute approximate surface area is 88.9 Å². The van der Waals surface area contributed by atoms with Gasteiger partial charge in [0.25, 0.3) is 0 Å². The van der Waals surface area contributed by atoms with Gasteiger partial charge in [0.15, 0.2) is 5.78 Å². The lowest BCUT2D eigenvalue weighted by atomic mass is 10.1. The summed E-state index contributed by atoms with van der Waals surface area (Å²) in [7, 11) is 0. The number of fused-ring (bicyclic) bond motifs is 1. The summed E-state index contributed by atoms with van der Waals surface area (Å²) in [5, 5.41) is 0. The molecule has 0 unspecified atom stereocenters. The molecular formula is C13H12O2. The van der Waals surface area contributed by atoms with Gasteiger partial charge in [-0.3, -0.25) is 4.79 Å². The zero-order chi connectivity index (χ0) is 10.8. The highest BCUT2D eigenvalue weighted by Crippen LogP contribution is 2.28. The molecule has 1 heterocycles. The molecule has 0 bridgehead atoms. The maximum absolute atomic E-state index is 11.2. The Kier molecular flexibility index (Phi) is 2.42. The number of ether oxygens (including phenoxy) is 1. The molecule has 0 aliphatic carbocycles. The van der Waals surface area contributed by atoms with E-state index in [0.29, 0.717) is 11.3 Å². The van der Waals surface area contributed by atoms with Crippen LogP contribution in [-0.2, 0) is 4.79 Å². The molecule has 2 heteroatoms. The first-order chi connectivity index (χ1) is 7.18. The quantitative estimate of drug-likeness (QED) is 0.651. The largest absolute Gasteiger partial charge is 0.456 e. The molecule has 1 aromatic rings. The molecule has 15 heavy (non-hydrogen) atoms. The normalized spacial score (nSPS) is 16.7.